The smallest absolute Gasteiger partial charge is 0.163 e. The van der Waals surface area contributed by atoms with E-state index in [1.54, 1.807) is 0 Å². The van der Waals surface area contributed by atoms with Crippen molar-refractivity contribution in [2.24, 2.45) is 5.92 Å². The fourth-order valence-electron chi connectivity index (χ4n) is 2.35. The molecule has 0 saturated carbocycles. The molecule has 0 unspecified atom stereocenters. The first-order valence-electron chi connectivity index (χ1n) is 4.34. The average Bonchev–Trinajstić information content (AvgIpc) is 2.52. The van der Waals surface area contributed by atoms with E-state index in [9.17, 15) is 0 Å². The normalized spacial score (nSPS) is 54.5. The summed E-state index contributed by atoms with van der Waals surface area (Å²) in [6, 6.07) is 0. The second-order valence-electron chi connectivity index (χ2n) is 3.49. The van der Waals surface area contributed by atoms with Crippen LogP contribution in [0.3, 0.4) is 0 Å². The van der Waals surface area contributed by atoms with Crippen LogP contribution >= 0.6 is 0 Å². The van der Waals surface area contributed by atoms with Gasteiger partial charge in [0.05, 0.1) is 18.8 Å². The first-order valence-corrected chi connectivity index (χ1v) is 4.34. The Bertz CT molecular complexity index is 153. The van der Waals surface area contributed by atoms with Crippen molar-refractivity contribution in [1.29, 1.82) is 0 Å². The predicted molar refractivity (Wildman–Crippen MR) is 37.1 cm³/mol. The summed E-state index contributed by atoms with van der Waals surface area (Å²) < 4.78 is 16.7. The molecule has 4 atom stereocenters. The molecule has 3 nitrogen and oxygen atoms in total. The number of ether oxygens (including phenoxy) is 3. The van der Waals surface area contributed by atoms with E-state index < -0.39 is 0 Å². The Morgan fingerprint density at radius 1 is 1.00 bits per heavy atom. The van der Waals surface area contributed by atoms with Gasteiger partial charge in [0.25, 0.3) is 0 Å². The Balaban J connectivity index is 1.84. The summed E-state index contributed by atoms with van der Waals surface area (Å²) in [6.07, 6.45) is 2.92. The minimum Gasteiger partial charge on any atom is -0.375 e. The maximum Gasteiger partial charge on any atom is 0.163 e. The van der Waals surface area contributed by atoms with Crippen LogP contribution in [0.1, 0.15) is 12.8 Å². The van der Waals surface area contributed by atoms with Gasteiger partial charge in [-0.15, -0.1) is 0 Å². The van der Waals surface area contributed by atoms with Crippen LogP contribution in [0.2, 0.25) is 0 Å². The van der Waals surface area contributed by atoms with Gasteiger partial charge in [0.2, 0.25) is 0 Å². The highest BCUT2D eigenvalue weighted by molar-refractivity contribution is 4.93. The van der Waals surface area contributed by atoms with Crippen LogP contribution in [0, 0.1) is 5.92 Å². The molecule has 11 heavy (non-hydrogen) atoms. The van der Waals surface area contributed by atoms with Crippen LogP contribution in [0.4, 0.5) is 0 Å². The summed E-state index contributed by atoms with van der Waals surface area (Å²) in [5.74, 6) is 0.530. The van der Waals surface area contributed by atoms with Gasteiger partial charge in [-0.05, 0) is 12.8 Å². The van der Waals surface area contributed by atoms with Crippen LogP contribution in [0.5, 0.6) is 0 Å². The third-order valence-electron chi connectivity index (χ3n) is 2.89. The summed E-state index contributed by atoms with van der Waals surface area (Å²) in [4.78, 5) is 0. The topological polar surface area (TPSA) is 27.7 Å². The zero-order chi connectivity index (χ0) is 7.26. The van der Waals surface area contributed by atoms with Crippen molar-refractivity contribution in [3.05, 3.63) is 0 Å². The van der Waals surface area contributed by atoms with Crippen molar-refractivity contribution < 1.29 is 14.2 Å². The van der Waals surface area contributed by atoms with Gasteiger partial charge in [-0.1, -0.05) is 0 Å². The monoisotopic (exact) mass is 156 g/mol. The quantitative estimate of drug-likeness (QED) is 0.512. The van der Waals surface area contributed by atoms with E-state index in [4.69, 9.17) is 14.2 Å². The highest BCUT2D eigenvalue weighted by Crippen LogP contribution is 2.40. The molecule has 0 amide bonds. The van der Waals surface area contributed by atoms with Gasteiger partial charge in [-0.25, -0.2) is 0 Å². The lowest BCUT2D eigenvalue weighted by Crippen LogP contribution is -2.22. The third-order valence-corrected chi connectivity index (χ3v) is 2.89. The Morgan fingerprint density at radius 2 is 1.91 bits per heavy atom. The Hall–Kier alpha value is -0.120. The molecule has 0 radical (unpaired) electrons. The summed E-state index contributed by atoms with van der Waals surface area (Å²) in [7, 11) is 0. The van der Waals surface area contributed by atoms with E-state index >= 15 is 0 Å². The van der Waals surface area contributed by atoms with Gasteiger partial charge in [0, 0.05) is 12.5 Å². The SMILES string of the molecule is C1C[C@H]2[C@@H](O1)O[C@@H]1CCO[C@H]21. The number of hydrogen-bond donors (Lipinski definition) is 0. The first kappa shape index (κ1) is 6.40. The van der Waals surface area contributed by atoms with E-state index in [2.05, 4.69) is 0 Å². The molecule has 3 fully saturated rings. The lowest BCUT2D eigenvalue weighted by atomic mass is 10.00. The fourth-order valence-corrected chi connectivity index (χ4v) is 2.35. The minimum atomic E-state index is 0.0605. The molecule has 0 spiro atoms. The molecule has 0 aliphatic carbocycles. The molecule has 3 saturated heterocycles. The Kier molecular flexibility index (Phi) is 1.27. The highest BCUT2D eigenvalue weighted by Gasteiger charge is 2.50. The van der Waals surface area contributed by atoms with Crippen LogP contribution in [0.15, 0.2) is 0 Å². The van der Waals surface area contributed by atoms with E-state index in [0.717, 1.165) is 26.1 Å². The third kappa shape index (κ3) is 0.789. The molecule has 0 aromatic carbocycles. The standard InChI is InChI=1S/C8H12O3/c1-3-10-8-5(1)7-6(11-8)2-4-9-7/h5-8H,1-4H2/t5-,6-,7-,8+/m1/s1. The fraction of sp³-hybridized carbons (Fsp3) is 1.00. The molecule has 3 aliphatic heterocycles. The lowest BCUT2D eigenvalue weighted by Gasteiger charge is -2.11. The molecule has 0 bridgehead atoms. The predicted octanol–water partition coefficient (Wildman–Crippen LogP) is 0.537. The van der Waals surface area contributed by atoms with Crippen molar-refractivity contribution in [1.82, 2.24) is 0 Å². The molecule has 0 aromatic heterocycles. The number of rotatable bonds is 0. The maximum atomic E-state index is 5.66. The van der Waals surface area contributed by atoms with Gasteiger partial charge < -0.3 is 14.2 Å². The van der Waals surface area contributed by atoms with E-state index in [1.807, 2.05) is 0 Å². The largest absolute Gasteiger partial charge is 0.375 e. The molecule has 3 heteroatoms. The molecule has 3 heterocycles. The Labute approximate surface area is 65.6 Å². The highest BCUT2D eigenvalue weighted by atomic mass is 16.7. The summed E-state index contributed by atoms with van der Waals surface area (Å²) >= 11 is 0. The van der Waals surface area contributed by atoms with Gasteiger partial charge in [-0.2, -0.15) is 0 Å². The number of fused-ring (bicyclic) bond motifs is 3. The van der Waals surface area contributed by atoms with Gasteiger partial charge in [-0.3, -0.25) is 0 Å². The van der Waals surface area contributed by atoms with Crippen molar-refractivity contribution >= 4 is 0 Å². The van der Waals surface area contributed by atoms with Crippen LogP contribution in [0.25, 0.3) is 0 Å². The van der Waals surface area contributed by atoms with Crippen LogP contribution < -0.4 is 0 Å². The summed E-state index contributed by atoms with van der Waals surface area (Å²) in [5.41, 5.74) is 0. The maximum absolute atomic E-state index is 5.66. The van der Waals surface area contributed by atoms with E-state index in [-0.39, 0.29) is 6.29 Å². The molecule has 0 aromatic rings. The molecule has 3 rings (SSSR count). The Morgan fingerprint density at radius 3 is 2.91 bits per heavy atom. The summed E-state index contributed by atoms with van der Waals surface area (Å²) in [5, 5.41) is 0. The van der Waals surface area contributed by atoms with Crippen LogP contribution in [-0.2, 0) is 14.2 Å². The van der Waals surface area contributed by atoms with Crippen molar-refractivity contribution in [2.75, 3.05) is 13.2 Å². The molecule has 62 valence electrons. The molecular weight excluding hydrogens is 144 g/mol. The second-order valence-corrected chi connectivity index (χ2v) is 3.49. The zero-order valence-corrected chi connectivity index (χ0v) is 6.36. The molecule has 3 aliphatic rings. The lowest BCUT2D eigenvalue weighted by molar-refractivity contribution is -0.116. The zero-order valence-electron chi connectivity index (χ0n) is 6.36. The van der Waals surface area contributed by atoms with Gasteiger partial charge in [0.1, 0.15) is 0 Å². The van der Waals surface area contributed by atoms with Crippen LogP contribution in [-0.4, -0.2) is 31.7 Å². The van der Waals surface area contributed by atoms with Gasteiger partial charge >= 0.3 is 0 Å². The molecular formula is C8H12O3. The van der Waals surface area contributed by atoms with Gasteiger partial charge in [0.15, 0.2) is 6.29 Å². The van der Waals surface area contributed by atoms with Crippen molar-refractivity contribution in [3.63, 3.8) is 0 Å². The first-order chi connectivity index (χ1) is 5.45. The van der Waals surface area contributed by atoms with Crippen molar-refractivity contribution in [3.8, 4) is 0 Å². The minimum absolute atomic E-state index is 0.0605. The van der Waals surface area contributed by atoms with E-state index in [0.29, 0.717) is 18.1 Å². The van der Waals surface area contributed by atoms with Crippen molar-refractivity contribution in [2.45, 2.75) is 31.3 Å². The molecule has 0 N–H and O–H groups in total. The number of hydrogen-bond acceptors (Lipinski definition) is 3. The summed E-state index contributed by atoms with van der Waals surface area (Å²) in [6.45, 7) is 1.72. The second kappa shape index (κ2) is 2.19. The average molecular weight is 156 g/mol. The van der Waals surface area contributed by atoms with E-state index in [1.165, 1.54) is 0 Å².